The smallest absolute Gasteiger partial charge is 0.308 e. The predicted octanol–water partition coefficient (Wildman–Crippen LogP) is 6.67. The Kier molecular flexibility index (Phi) is 16.0. The van der Waals surface area contributed by atoms with Crippen molar-refractivity contribution >= 4 is 11.9 Å². The lowest BCUT2D eigenvalue weighted by atomic mass is 9.87. The molecule has 7 nitrogen and oxygen atoms in total. The third kappa shape index (κ3) is 13.0. The van der Waals surface area contributed by atoms with E-state index in [0.717, 1.165) is 77.0 Å². The van der Waals surface area contributed by atoms with Gasteiger partial charge in [-0.3, -0.25) is 9.59 Å². The number of allylic oxidation sites excluding steroid dienone is 2. The average molecular weight is 551 g/mol. The van der Waals surface area contributed by atoms with Gasteiger partial charge in [0.2, 0.25) is 0 Å². The van der Waals surface area contributed by atoms with Gasteiger partial charge in [-0.15, -0.1) is 0 Å². The van der Waals surface area contributed by atoms with Crippen LogP contribution >= 0.6 is 0 Å². The predicted molar refractivity (Wildman–Crippen MR) is 153 cm³/mol. The van der Waals surface area contributed by atoms with E-state index >= 15 is 0 Å². The molecule has 2 rings (SSSR count). The van der Waals surface area contributed by atoms with Crippen molar-refractivity contribution in [3.63, 3.8) is 0 Å². The van der Waals surface area contributed by atoms with E-state index in [1.807, 2.05) is 13.0 Å². The van der Waals surface area contributed by atoms with Gasteiger partial charge in [0.1, 0.15) is 6.10 Å². The summed E-state index contributed by atoms with van der Waals surface area (Å²) < 4.78 is 23.0. The number of methoxy groups -OCH3 is 1. The van der Waals surface area contributed by atoms with Crippen molar-refractivity contribution in [2.75, 3.05) is 13.7 Å². The lowest BCUT2D eigenvalue weighted by Gasteiger charge is -2.29. The van der Waals surface area contributed by atoms with Crippen molar-refractivity contribution in [3.05, 3.63) is 23.8 Å². The van der Waals surface area contributed by atoms with Gasteiger partial charge in [-0.25, -0.2) is 0 Å². The fraction of sp³-hybridized carbons (Fsp3) is 0.812. The number of carbonyl (C=O) groups is 2. The molecule has 0 bridgehead atoms. The van der Waals surface area contributed by atoms with E-state index in [9.17, 15) is 14.7 Å². The summed E-state index contributed by atoms with van der Waals surface area (Å²) in [6, 6.07) is 0. The largest absolute Gasteiger partial charge is 0.469 e. The molecule has 1 saturated heterocycles. The first-order valence-electron chi connectivity index (χ1n) is 15.2. The Morgan fingerprint density at radius 1 is 1.03 bits per heavy atom. The maximum atomic E-state index is 12.0. The number of esters is 2. The number of ether oxygens (including phenoxy) is 4. The molecule has 224 valence electrons. The average Bonchev–Trinajstić information content (AvgIpc) is 3.21. The Balaban J connectivity index is 2.03. The first-order chi connectivity index (χ1) is 18.7. The van der Waals surface area contributed by atoms with Crippen LogP contribution in [0, 0.1) is 17.8 Å². The Morgan fingerprint density at radius 2 is 1.79 bits per heavy atom. The zero-order chi connectivity index (χ0) is 28.6. The van der Waals surface area contributed by atoms with Crippen molar-refractivity contribution in [2.24, 2.45) is 17.8 Å². The van der Waals surface area contributed by atoms with Gasteiger partial charge >= 0.3 is 11.9 Å². The van der Waals surface area contributed by atoms with Gasteiger partial charge in [-0.1, -0.05) is 56.4 Å². The summed E-state index contributed by atoms with van der Waals surface area (Å²) in [5, 5.41) is 10.7. The monoisotopic (exact) mass is 550 g/mol. The van der Waals surface area contributed by atoms with Crippen LogP contribution in [0.15, 0.2) is 23.8 Å². The molecule has 0 spiro atoms. The molecular formula is C32H54O7. The van der Waals surface area contributed by atoms with Crippen LogP contribution in [0.2, 0.25) is 0 Å². The van der Waals surface area contributed by atoms with E-state index in [4.69, 9.17) is 18.9 Å². The number of hydrogen-bond donors (Lipinski definition) is 1. The maximum absolute atomic E-state index is 12.0. The fourth-order valence-electron chi connectivity index (χ4n) is 5.81. The summed E-state index contributed by atoms with van der Waals surface area (Å²) in [6.07, 6.45) is 17.3. The van der Waals surface area contributed by atoms with Gasteiger partial charge < -0.3 is 24.1 Å². The number of aliphatic hydroxyl groups excluding tert-OH is 1. The van der Waals surface area contributed by atoms with Crippen LogP contribution in [0.4, 0.5) is 0 Å². The standard InChI is InChI=1S/C32H54O7/c1-23(2)14-8-6-10-16-26(34)19-20-28-27(17-11-7-9-15-24(3)32(35)36-5)29(38-25(4)33)22-30(28)39-31-18-12-13-21-37-31/h14,19-20,24,26-31,34H,6-13,15-18,21-22H2,1-5H3/b20-19+/t24?,26?,27-,28-,29-,30-,31?/m1/s1. The highest BCUT2D eigenvalue weighted by molar-refractivity contribution is 5.71. The van der Waals surface area contributed by atoms with Crippen molar-refractivity contribution in [3.8, 4) is 0 Å². The number of unbranched alkanes of at least 4 members (excludes halogenated alkanes) is 4. The second-order valence-corrected chi connectivity index (χ2v) is 11.7. The molecule has 0 radical (unpaired) electrons. The third-order valence-corrected chi connectivity index (χ3v) is 7.99. The maximum Gasteiger partial charge on any atom is 0.308 e. The Bertz CT molecular complexity index is 766. The summed E-state index contributed by atoms with van der Waals surface area (Å²) >= 11 is 0. The van der Waals surface area contributed by atoms with E-state index in [2.05, 4.69) is 26.0 Å². The highest BCUT2D eigenvalue weighted by Crippen LogP contribution is 2.42. The summed E-state index contributed by atoms with van der Waals surface area (Å²) in [5.41, 5.74) is 1.33. The quantitative estimate of drug-likeness (QED) is 0.123. The molecule has 1 aliphatic heterocycles. The molecule has 0 aromatic carbocycles. The van der Waals surface area contributed by atoms with Crippen molar-refractivity contribution < 1.29 is 33.6 Å². The van der Waals surface area contributed by atoms with Gasteiger partial charge in [0.15, 0.2) is 6.29 Å². The normalized spacial score (nSPS) is 26.8. The van der Waals surface area contributed by atoms with Gasteiger partial charge in [-0.2, -0.15) is 0 Å². The Hall–Kier alpha value is -1.70. The molecule has 1 aliphatic carbocycles. The zero-order valence-corrected chi connectivity index (χ0v) is 25.1. The van der Waals surface area contributed by atoms with Crippen molar-refractivity contribution in [1.82, 2.24) is 0 Å². The van der Waals surface area contributed by atoms with Gasteiger partial charge in [0.25, 0.3) is 0 Å². The summed E-state index contributed by atoms with van der Waals surface area (Å²) in [4.78, 5) is 23.7. The van der Waals surface area contributed by atoms with E-state index in [-0.39, 0.29) is 48.2 Å². The fourth-order valence-corrected chi connectivity index (χ4v) is 5.81. The molecule has 0 amide bonds. The second kappa shape index (κ2) is 18.6. The van der Waals surface area contributed by atoms with E-state index in [0.29, 0.717) is 13.0 Å². The van der Waals surface area contributed by atoms with Gasteiger partial charge in [-0.05, 0) is 65.2 Å². The van der Waals surface area contributed by atoms with E-state index in [1.165, 1.54) is 19.6 Å². The van der Waals surface area contributed by atoms with Crippen LogP contribution < -0.4 is 0 Å². The van der Waals surface area contributed by atoms with Crippen LogP contribution in [0.3, 0.4) is 0 Å². The summed E-state index contributed by atoms with van der Waals surface area (Å²) in [7, 11) is 1.43. The van der Waals surface area contributed by atoms with Crippen LogP contribution in [0.5, 0.6) is 0 Å². The summed E-state index contributed by atoms with van der Waals surface area (Å²) in [5.74, 6) is -0.379. The molecule has 1 N–H and O–H groups in total. The minimum Gasteiger partial charge on any atom is -0.469 e. The van der Waals surface area contributed by atoms with Crippen molar-refractivity contribution in [2.45, 2.75) is 136 Å². The first kappa shape index (κ1) is 33.5. The topological polar surface area (TPSA) is 91.3 Å². The number of rotatable bonds is 17. The van der Waals surface area contributed by atoms with Crippen molar-refractivity contribution in [1.29, 1.82) is 0 Å². The minimum absolute atomic E-state index is 0.0363. The van der Waals surface area contributed by atoms with Crippen LogP contribution in [-0.4, -0.2) is 55.4 Å². The molecule has 0 aromatic rings. The molecular weight excluding hydrogens is 496 g/mol. The molecule has 7 atom stereocenters. The SMILES string of the molecule is COC(=O)C(C)CCCCC[C@@H]1[C@@H](/C=C/C(O)CCCCC=C(C)C)[C@H](OC2CCCCO2)C[C@H]1OC(C)=O. The zero-order valence-electron chi connectivity index (χ0n) is 25.1. The van der Waals surface area contributed by atoms with E-state index < -0.39 is 6.10 Å². The van der Waals surface area contributed by atoms with E-state index in [1.54, 1.807) is 0 Å². The molecule has 1 heterocycles. The lowest BCUT2D eigenvalue weighted by Crippen LogP contribution is -2.30. The molecule has 0 aromatic heterocycles. The highest BCUT2D eigenvalue weighted by atomic mass is 16.7. The summed E-state index contributed by atoms with van der Waals surface area (Å²) in [6.45, 7) is 8.30. The highest BCUT2D eigenvalue weighted by Gasteiger charge is 2.45. The molecule has 3 unspecified atom stereocenters. The molecule has 7 heteroatoms. The van der Waals surface area contributed by atoms with Crippen LogP contribution in [0.1, 0.15) is 111 Å². The lowest BCUT2D eigenvalue weighted by molar-refractivity contribution is -0.193. The second-order valence-electron chi connectivity index (χ2n) is 11.7. The number of carbonyl (C=O) groups excluding carboxylic acids is 2. The Morgan fingerprint density at radius 3 is 2.46 bits per heavy atom. The minimum atomic E-state index is -0.503. The van der Waals surface area contributed by atoms with Crippen LogP contribution in [-0.2, 0) is 28.5 Å². The van der Waals surface area contributed by atoms with Gasteiger partial charge in [0.05, 0.1) is 25.2 Å². The third-order valence-electron chi connectivity index (χ3n) is 7.99. The number of hydrogen-bond acceptors (Lipinski definition) is 7. The van der Waals surface area contributed by atoms with Gasteiger partial charge in [0, 0.05) is 31.8 Å². The molecule has 1 saturated carbocycles. The van der Waals surface area contributed by atoms with Crippen LogP contribution in [0.25, 0.3) is 0 Å². The molecule has 2 aliphatic rings. The first-order valence-corrected chi connectivity index (χ1v) is 15.2. The number of aliphatic hydroxyl groups is 1. The molecule has 39 heavy (non-hydrogen) atoms. The molecule has 2 fully saturated rings. The Labute approximate surface area is 236 Å².